The lowest BCUT2D eigenvalue weighted by Crippen LogP contribution is -2.54. The number of amides is 3. The van der Waals surface area contributed by atoms with Crippen molar-refractivity contribution in [3.05, 3.63) is 31.5 Å². The molecule has 0 spiro atoms. The molecule has 274 valence electrons. The first-order valence-electron chi connectivity index (χ1n) is 17.4. The number of hydrogen-bond acceptors (Lipinski definition) is 9. The quantitative estimate of drug-likeness (QED) is 0.0377. The van der Waals surface area contributed by atoms with Crippen molar-refractivity contribution in [3.8, 4) is 0 Å². The first-order chi connectivity index (χ1) is 23.8. The summed E-state index contributed by atoms with van der Waals surface area (Å²) in [6.07, 6.45) is 9.73. The molecule has 1 heterocycles. The van der Waals surface area contributed by atoms with Crippen molar-refractivity contribution in [1.82, 2.24) is 29.7 Å². The van der Waals surface area contributed by atoms with Crippen LogP contribution in [0.3, 0.4) is 0 Å². The van der Waals surface area contributed by atoms with Gasteiger partial charge in [-0.2, -0.15) is 0 Å². The van der Waals surface area contributed by atoms with Crippen LogP contribution in [0.15, 0.2) is 14.4 Å². The van der Waals surface area contributed by atoms with Gasteiger partial charge < -0.3 is 30.2 Å². The molecule has 0 saturated carbocycles. The number of nitrogens with one attached hydrogen (secondary N) is 3. The van der Waals surface area contributed by atoms with E-state index in [0.29, 0.717) is 45.3 Å². The van der Waals surface area contributed by atoms with E-state index in [4.69, 9.17) is 29.9 Å². The topological polar surface area (TPSA) is 181 Å². The zero-order valence-electron chi connectivity index (χ0n) is 28.7. The summed E-state index contributed by atoms with van der Waals surface area (Å²) in [5.74, 6) is 0. The van der Waals surface area contributed by atoms with Crippen LogP contribution in [0.4, 0.5) is 14.4 Å². The second kappa shape index (κ2) is 28.9. The molecule has 0 aliphatic carbocycles. The van der Waals surface area contributed by atoms with E-state index < -0.39 is 35.3 Å². The first-order valence-corrected chi connectivity index (χ1v) is 18.9. The summed E-state index contributed by atoms with van der Waals surface area (Å²) in [4.78, 5) is 74.4. The monoisotopic (exact) mass is 802 g/mol. The van der Waals surface area contributed by atoms with Crippen LogP contribution in [0.2, 0.25) is 12.6 Å². The summed E-state index contributed by atoms with van der Waals surface area (Å²) in [5, 5.41) is 8.00. The minimum atomic E-state index is -0.598. The molecule has 0 unspecified atom stereocenters. The SMILES string of the molecule is [B]CCOC(=O)NCCCCCCCCn1c(=O)n(CCCCCCNC(=O)OCI)c(=O)n(CCCCCCNC(=O)OCC[B])c1=O. The van der Waals surface area contributed by atoms with Crippen LogP contribution in [-0.4, -0.2) is 85.1 Å². The van der Waals surface area contributed by atoms with E-state index in [-0.39, 0.29) is 50.1 Å². The molecule has 18 heteroatoms. The summed E-state index contributed by atoms with van der Waals surface area (Å²) in [6, 6.07) is 0. The number of hydrogen-bond donors (Lipinski definition) is 3. The number of aromatic nitrogens is 3. The summed E-state index contributed by atoms with van der Waals surface area (Å²) >= 11 is 1.94. The number of alkyl halides is 1. The minimum Gasteiger partial charge on any atom is -0.450 e. The lowest BCUT2D eigenvalue weighted by molar-refractivity contribution is 0.151. The van der Waals surface area contributed by atoms with Gasteiger partial charge in [-0.3, -0.25) is 0 Å². The number of carbonyl (C=O) groups is 3. The van der Waals surface area contributed by atoms with Crippen molar-refractivity contribution in [2.75, 3.05) is 37.5 Å². The maximum atomic E-state index is 13.3. The molecule has 0 fully saturated rings. The number of carbonyl (C=O) groups excluding carboxylic acids is 3. The van der Waals surface area contributed by atoms with E-state index in [0.717, 1.165) is 68.8 Å². The van der Waals surface area contributed by atoms with Crippen molar-refractivity contribution in [2.24, 2.45) is 0 Å². The number of unbranched alkanes of at least 4 members (excludes halogenated alkanes) is 11. The van der Waals surface area contributed by atoms with Gasteiger partial charge in [-0.15, -0.1) is 0 Å². The van der Waals surface area contributed by atoms with E-state index in [1.165, 1.54) is 9.13 Å². The molecule has 0 bridgehead atoms. The Bertz CT molecular complexity index is 1260. The highest BCUT2D eigenvalue weighted by molar-refractivity contribution is 14.1. The fourth-order valence-corrected chi connectivity index (χ4v) is 5.22. The molecule has 1 aromatic rings. The third kappa shape index (κ3) is 20.4. The molecule has 1 rings (SSSR count). The number of ether oxygens (including phenoxy) is 3. The lowest BCUT2D eigenvalue weighted by Gasteiger charge is -2.14. The smallest absolute Gasteiger partial charge is 0.407 e. The molecule has 1 aromatic heterocycles. The maximum Gasteiger partial charge on any atom is 0.407 e. The number of rotatable bonds is 28. The molecule has 4 radical (unpaired) electrons. The predicted molar refractivity (Wildman–Crippen MR) is 197 cm³/mol. The first kappa shape index (κ1) is 44.1. The summed E-state index contributed by atoms with van der Waals surface area (Å²) < 4.78 is 18.3. The second-order valence-corrected chi connectivity index (χ2v) is 12.0. The molecule has 3 N–H and O–H groups in total. The molecule has 0 aromatic carbocycles. The summed E-state index contributed by atoms with van der Waals surface area (Å²) in [7, 11) is 10.6. The van der Waals surface area contributed by atoms with Crippen molar-refractivity contribution in [2.45, 2.75) is 122 Å². The van der Waals surface area contributed by atoms with Gasteiger partial charge in [-0.05, 0) is 61.1 Å². The maximum absolute atomic E-state index is 13.3. The Morgan fingerprint density at radius 3 is 1.08 bits per heavy atom. The molecule has 0 atom stereocenters. The average molecular weight is 802 g/mol. The van der Waals surface area contributed by atoms with Crippen LogP contribution in [0, 0.1) is 0 Å². The van der Waals surface area contributed by atoms with Gasteiger partial charge in [-0.1, -0.05) is 64.0 Å². The van der Waals surface area contributed by atoms with E-state index in [1.54, 1.807) is 0 Å². The van der Waals surface area contributed by atoms with Crippen LogP contribution >= 0.6 is 22.6 Å². The minimum absolute atomic E-state index is 0.156. The van der Waals surface area contributed by atoms with Gasteiger partial charge >= 0.3 is 35.3 Å². The third-order valence-corrected chi connectivity index (χ3v) is 7.82. The van der Waals surface area contributed by atoms with Crippen molar-refractivity contribution in [1.29, 1.82) is 0 Å². The lowest BCUT2D eigenvalue weighted by atomic mass is 10.1. The van der Waals surface area contributed by atoms with Crippen LogP contribution in [0.25, 0.3) is 0 Å². The highest BCUT2D eigenvalue weighted by atomic mass is 127. The normalized spacial score (nSPS) is 10.8. The number of halogens is 1. The van der Waals surface area contributed by atoms with Gasteiger partial charge in [0, 0.05) is 39.3 Å². The van der Waals surface area contributed by atoms with Gasteiger partial charge in [0.15, 0.2) is 0 Å². The van der Waals surface area contributed by atoms with Crippen molar-refractivity contribution < 1.29 is 28.6 Å². The average Bonchev–Trinajstić information content (AvgIpc) is 3.08. The summed E-state index contributed by atoms with van der Waals surface area (Å²) in [5.41, 5.74) is -1.78. The Hall–Kier alpha value is -2.92. The number of alkyl carbamates (subject to hydrolysis) is 3. The Labute approximate surface area is 304 Å². The fourth-order valence-electron chi connectivity index (χ4n) is 4.93. The molecule has 0 saturated heterocycles. The Morgan fingerprint density at radius 1 is 0.490 bits per heavy atom. The summed E-state index contributed by atoms with van der Waals surface area (Å²) in [6.45, 7) is 2.39. The highest BCUT2D eigenvalue weighted by Crippen LogP contribution is 2.06. The van der Waals surface area contributed by atoms with Gasteiger partial charge in [0.25, 0.3) is 0 Å². The highest BCUT2D eigenvalue weighted by Gasteiger charge is 2.15. The second-order valence-electron chi connectivity index (χ2n) is 11.4. The molecule has 49 heavy (non-hydrogen) atoms. The zero-order valence-corrected chi connectivity index (χ0v) is 30.9. The standard InChI is InChI=1S/C31H53B2IN6O9/c32-15-23-47-26(41)35-17-9-3-1-2-6-12-20-38-29(44)39(21-13-7-4-10-18-36-27(42)48-24-16-33)31(46)40(30(38)45)22-14-8-5-11-19-37-28(43)49-25-34/h1-25H2,(H,35,41)(H,36,42)(H,37,43). The van der Waals surface area contributed by atoms with E-state index in [9.17, 15) is 28.8 Å². The molecule has 0 aliphatic rings. The van der Waals surface area contributed by atoms with Gasteiger partial charge in [0.1, 0.15) is 4.61 Å². The zero-order chi connectivity index (χ0) is 36.1. The molecule has 3 amide bonds. The van der Waals surface area contributed by atoms with Gasteiger partial charge in [0.05, 0.1) is 28.9 Å². The van der Waals surface area contributed by atoms with E-state index in [2.05, 4.69) is 16.0 Å². The van der Waals surface area contributed by atoms with Gasteiger partial charge in [0.2, 0.25) is 0 Å². The van der Waals surface area contributed by atoms with E-state index in [1.807, 2.05) is 22.6 Å². The van der Waals surface area contributed by atoms with Gasteiger partial charge in [-0.25, -0.2) is 42.5 Å². The predicted octanol–water partition coefficient (Wildman–Crippen LogP) is 3.38. The number of nitrogens with zero attached hydrogens (tertiary/aromatic N) is 3. The molecular formula is C31H53B2IN6O9. The van der Waals surface area contributed by atoms with Crippen LogP contribution in [0.5, 0.6) is 0 Å². The van der Waals surface area contributed by atoms with Crippen LogP contribution in [0.1, 0.15) is 89.9 Å². The Balaban J connectivity index is 2.69. The molecule has 0 aliphatic heterocycles. The van der Waals surface area contributed by atoms with E-state index >= 15 is 0 Å². The van der Waals surface area contributed by atoms with Crippen molar-refractivity contribution >= 4 is 56.6 Å². The Kier molecular flexibility index (Phi) is 26.0. The van der Waals surface area contributed by atoms with Crippen LogP contribution in [-0.2, 0) is 33.8 Å². The molecule has 15 nitrogen and oxygen atoms in total. The van der Waals surface area contributed by atoms with Crippen LogP contribution < -0.4 is 33.0 Å². The fraction of sp³-hybridized carbons (Fsp3) is 0.806. The van der Waals surface area contributed by atoms with Crippen molar-refractivity contribution in [3.63, 3.8) is 0 Å². The Morgan fingerprint density at radius 2 is 0.776 bits per heavy atom. The largest absolute Gasteiger partial charge is 0.450 e. The third-order valence-electron chi connectivity index (χ3n) is 7.51. The molecular weight excluding hydrogens is 749 g/mol.